The molecule has 0 N–H and O–H groups in total. The van der Waals surface area contributed by atoms with Gasteiger partial charge in [0, 0.05) is 44.2 Å². The summed E-state index contributed by atoms with van der Waals surface area (Å²) in [4.78, 5) is 23.3. The third-order valence-electron chi connectivity index (χ3n) is 5.13. The summed E-state index contributed by atoms with van der Waals surface area (Å²) < 4.78 is 18.8. The molecule has 0 unspecified atom stereocenters. The van der Waals surface area contributed by atoms with E-state index in [2.05, 4.69) is 19.8 Å². The average Bonchev–Trinajstić information content (AvgIpc) is 3.09. The Bertz CT molecular complexity index is 819. The zero-order valence-electron chi connectivity index (χ0n) is 14.7. The van der Waals surface area contributed by atoms with Crippen LogP contribution in [0.25, 0.3) is 0 Å². The number of nitro benzene ring substituents is 1. The van der Waals surface area contributed by atoms with Gasteiger partial charge in [-0.15, -0.1) is 0 Å². The van der Waals surface area contributed by atoms with Crippen LogP contribution in [-0.2, 0) is 0 Å². The van der Waals surface area contributed by atoms with Gasteiger partial charge in [-0.3, -0.25) is 15.0 Å². The number of piperazine rings is 1. The first kappa shape index (κ1) is 17.6. The number of benzene rings is 1. The Morgan fingerprint density at radius 1 is 1.22 bits per heavy atom. The number of nitrogens with zero attached hydrogens (tertiary/aromatic N) is 5. The zero-order chi connectivity index (χ0) is 18.8. The van der Waals surface area contributed by atoms with E-state index in [1.54, 1.807) is 18.2 Å². The maximum atomic E-state index is 13.0. The van der Waals surface area contributed by atoms with E-state index in [4.69, 9.17) is 4.74 Å². The van der Waals surface area contributed by atoms with Gasteiger partial charge in [-0.2, -0.15) is 0 Å². The minimum absolute atomic E-state index is 0.00662. The number of rotatable bonds is 5. The number of fused-ring (bicyclic) bond motifs is 1. The van der Waals surface area contributed by atoms with E-state index < -0.39 is 10.7 Å². The molecule has 142 valence electrons. The Morgan fingerprint density at radius 2 is 2.00 bits per heavy atom. The maximum absolute atomic E-state index is 13.0. The molecule has 4 rings (SSSR count). The monoisotopic (exact) mass is 373 g/mol. The Morgan fingerprint density at radius 3 is 2.78 bits per heavy atom. The smallest absolute Gasteiger partial charge is 0.310 e. The van der Waals surface area contributed by atoms with Gasteiger partial charge in [0.05, 0.1) is 23.9 Å². The van der Waals surface area contributed by atoms with E-state index in [1.807, 2.05) is 0 Å². The lowest BCUT2D eigenvalue weighted by molar-refractivity contribution is -0.385. The number of nitro groups is 1. The van der Waals surface area contributed by atoms with Crippen molar-refractivity contribution in [1.29, 1.82) is 0 Å². The molecule has 2 aromatic rings. The predicted molar refractivity (Wildman–Crippen MR) is 96.3 cm³/mol. The number of anilines is 1. The Labute approximate surface area is 155 Å². The number of para-hydroxylation sites is 2. The van der Waals surface area contributed by atoms with E-state index in [9.17, 15) is 14.5 Å². The quantitative estimate of drug-likeness (QED) is 0.586. The molecular formula is C18H20FN5O3. The first-order valence-corrected chi connectivity index (χ1v) is 8.93. The molecule has 0 spiro atoms. The standard InChI is InChI=1S/C18H20FN5O3/c19-14-8-20-18(21-9-14)23-6-5-22-10-13(7-15(22)11-23)12-27-17-4-2-1-3-16(17)24(25)26/h1-4,8-9,13,15H,5-7,10-12H2/t13-,15-/m0/s1. The van der Waals surface area contributed by atoms with Gasteiger partial charge < -0.3 is 9.64 Å². The predicted octanol–water partition coefficient (Wildman–Crippen LogP) is 2.11. The molecule has 0 bridgehead atoms. The van der Waals surface area contributed by atoms with Crippen molar-refractivity contribution in [2.24, 2.45) is 5.92 Å². The van der Waals surface area contributed by atoms with Crippen molar-refractivity contribution in [3.63, 3.8) is 0 Å². The average molecular weight is 373 g/mol. The van der Waals surface area contributed by atoms with Crippen LogP contribution in [0, 0.1) is 21.8 Å². The van der Waals surface area contributed by atoms with Gasteiger partial charge in [0.25, 0.3) is 0 Å². The van der Waals surface area contributed by atoms with Gasteiger partial charge in [0.1, 0.15) is 0 Å². The fourth-order valence-corrected chi connectivity index (χ4v) is 3.86. The van der Waals surface area contributed by atoms with Gasteiger partial charge in [0.15, 0.2) is 11.6 Å². The molecular weight excluding hydrogens is 353 g/mol. The molecule has 2 aliphatic rings. The van der Waals surface area contributed by atoms with E-state index in [0.29, 0.717) is 30.3 Å². The molecule has 0 radical (unpaired) electrons. The molecule has 27 heavy (non-hydrogen) atoms. The van der Waals surface area contributed by atoms with Gasteiger partial charge in [-0.25, -0.2) is 14.4 Å². The second-order valence-electron chi connectivity index (χ2n) is 6.93. The van der Waals surface area contributed by atoms with E-state index in [-0.39, 0.29) is 5.69 Å². The number of halogens is 1. The first-order valence-electron chi connectivity index (χ1n) is 8.93. The second kappa shape index (κ2) is 7.43. The minimum Gasteiger partial charge on any atom is -0.486 e. The lowest BCUT2D eigenvalue weighted by Gasteiger charge is -2.37. The van der Waals surface area contributed by atoms with Crippen molar-refractivity contribution >= 4 is 11.6 Å². The molecule has 2 saturated heterocycles. The van der Waals surface area contributed by atoms with Gasteiger partial charge >= 0.3 is 5.69 Å². The molecule has 1 aromatic heterocycles. The lowest BCUT2D eigenvalue weighted by atomic mass is 10.1. The number of ether oxygens (including phenoxy) is 1. The highest BCUT2D eigenvalue weighted by atomic mass is 19.1. The molecule has 3 heterocycles. The highest BCUT2D eigenvalue weighted by molar-refractivity contribution is 5.45. The molecule has 1 aromatic carbocycles. The topological polar surface area (TPSA) is 84.6 Å². The van der Waals surface area contributed by atoms with Crippen LogP contribution in [0.2, 0.25) is 0 Å². The fourth-order valence-electron chi connectivity index (χ4n) is 3.86. The van der Waals surface area contributed by atoms with Crippen LogP contribution in [0.4, 0.5) is 16.0 Å². The highest BCUT2D eigenvalue weighted by Crippen LogP contribution is 2.30. The van der Waals surface area contributed by atoms with Crippen molar-refractivity contribution in [3.05, 3.63) is 52.6 Å². The molecule has 2 aliphatic heterocycles. The van der Waals surface area contributed by atoms with Crippen LogP contribution in [-0.4, -0.2) is 58.6 Å². The summed E-state index contributed by atoms with van der Waals surface area (Å²) >= 11 is 0. The molecule has 2 fully saturated rings. The van der Waals surface area contributed by atoms with E-state index >= 15 is 0 Å². The molecule has 8 nitrogen and oxygen atoms in total. The van der Waals surface area contributed by atoms with Gasteiger partial charge in [-0.1, -0.05) is 12.1 Å². The Kier molecular flexibility index (Phi) is 4.85. The van der Waals surface area contributed by atoms with Crippen LogP contribution in [0.5, 0.6) is 5.75 Å². The van der Waals surface area contributed by atoms with Crippen molar-refractivity contribution in [2.75, 3.05) is 37.7 Å². The summed E-state index contributed by atoms with van der Waals surface area (Å²) in [5.41, 5.74) is -0.00662. The fraction of sp³-hybridized carbons (Fsp3) is 0.444. The largest absolute Gasteiger partial charge is 0.486 e. The maximum Gasteiger partial charge on any atom is 0.310 e. The third kappa shape index (κ3) is 3.82. The minimum atomic E-state index is -0.439. The molecule has 9 heteroatoms. The molecule has 0 saturated carbocycles. The zero-order valence-corrected chi connectivity index (χ0v) is 14.7. The van der Waals surface area contributed by atoms with Crippen molar-refractivity contribution < 1.29 is 14.1 Å². The summed E-state index contributed by atoms with van der Waals surface area (Å²) in [6.07, 6.45) is 3.32. The van der Waals surface area contributed by atoms with Crippen molar-refractivity contribution in [3.8, 4) is 5.75 Å². The number of hydrogen-bond donors (Lipinski definition) is 0. The Balaban J connectivity index is 1.35. The summed E-state index contributed by atoms with van der Waals surface area (Å²) in [7, 11) is 0. The number of aromatic nitrogens is 2. The lowest BCUT2D eigenvalue weighted by Crippen LogP contribution is -2.50. The summed E-state index contributed by atoms with van der Waals surface area (Å²) in [6, 6.07) is 6.81. The van der Waals surface area contributed by atoms with E-state index in [0.717, 1.165) is 32.6 Å². The normalized spacial score (nSPS) is 22.5. The van der Waals surface area contributed by atoms with Crippen LogP contribution in [0.3, 0.4) is 0 Å². The Hall–Kier alpha value is -2.81. The summed E-state index contributed by atoms with van der Waals surface area (Å²) in [5, 5.41) is 11.1. The van der Waals surface area contributed by atoms with Crippen molar-refractivity contribution in [1.82, 2.24) is 14.9 Å². The first-order chi connectivity index (χ1) is 13.1. The van der Waals surface area contributed by atoms with Gasteiger partial charge in [-0.05, 0) is 12.5 Å². The van der Waals surface area contributed by atoms with E-state index in [1.165, 1.54) is 18.5 Å². The van der Waals surface area contributed by atoms with Crippen LogP contribution < -0.4 is 9.64 Å². The summed E-state index contributed by atoms with van der Waals surface area (Å²) in [6.45, 7) is 3.81. The van der Waals surface area contributed by atoms with Crippen LogP contribution in [0.15, 0.2) is 36.7 Å². The van der Waals surface area contributed by atoms with Crippen LogP contribution >= 0.6 is 0 Å². The SMILES string of the molecule is O=[N+]([O-])c1ccccc1OC[C@H]1C[C@H]2CN(c3ncc(F)cn3)CCN2C1. The second-order valence-corrected chi connectivity index (χ2v) is 6.93. The molecule has 0 aliphatic carbocycles. The van der Waals surface area contributed by atoms with Crippen molar-refractivity contribution in [2.45, 2.75) is 12.5 Å². The summed E-state index contributed by atoms with van der Waals surface area (Å²) in [5.74, 6) is 0.735. The third-order valence-corrected chi connectivity index (χ3v) is 5.13. The van der Waals surface area contributed by atoms with Crippen LogP contribution in [0.1, 0.15) is 6.42 Å². The number of hydrogen-bond acceptors (Lipinski definition) is 7. The van der Waals surface area contributed by atoms with Gasteiger partial charge in [0.2, 0.25) is 5.95 Å². The highest BCUT2D eigenvalue weighted by Gasteiger charge is 2.37. The molecule has 0 amide bonds. The molecule has 2 atom stereocenters.